The second kappa shape index (κ2) is 4.06. The van der Waals surface area contributed by atoms with E-state index in [-0.39, 0.29) is 0 Å². The molecule has 2 fully saturated rings. The second-order valence-corrected chi connectivity index (χ2v) is 6.07. The number of primary amides is 1. The molecule has 2 N–H and O–H groups in total. The Morgan fingerprint density at radius 2 is 2.15 bits per heavy atom. The summed E-state index contributed by atoms with van der Waals surface area (Å²) in [6.07, 6.45) is 2.35. The quantitative estimate of drug-likeness (QED) is 0.897. The zero-order chi connectivity index (χ0) is 13.9. The normalized spacial score (nSPS) is 29.4. The van der Waals surface area contributed by atoms with Gasteiger partial charge in [-0.15, -0.1) is 0 Å². The number of carbonyl (C=O) groups is 1. The van der Waals surface area contributed by atoms with Gasteiger partial charge in [-0.05, 0) is 31.9 Å². The van der Waals surface area contributed by atoms with Crippen LogP contribution in [0.1, 0.15) is 29.4 Å². The molecule has 1 saturated carbocycles. The van der Waals surface area contributed by atoms with Gasteiger partial charge in [0.1, 0.15) is 0 Å². The first-order valence-corrected chi connectivity index (χ1v) is 7.12. The molecule has 2 heterocycles. The standard InChI is InChI=1S/C15H18N4O/c1-18-8-9-6-10(18)7-13(9)19-12-5-3-2-4-11(12)14(17-19)15(16)20/h2-5,9-10,13H,6-8H2,1H3,(H2,16,20)/t9?,10-,13?/m1/s1. The molecule has 2 unspecified atom stereocenters. The van der Waals surface area contributed by atoms with Crippen LogP contribution >= 0.6 is 0 Å². The van der Waals surface area contributed by atoms with Gasteiger partial charge in [0.05, 0.1) is 11.6 Å². The average Bonchev–Trinajstić information content (AvgIpc) is 3.08. The van der Waals surface area contributed by atoms with E-state index in [0.29, 0.717) is 23.7 Å². The summed E-state index contributed by atoms with van der Waals surface area (Å²) in [5.41, 5.74) is 6.90. The van der Waals surface area contributed by atoms with E-state index in [9.17, 15) is 4.79 Å². The lowest BCUT2D eigenvalue weighted by Crippen LogP contribution is -2.33. The van der Waals surface area contributed by atoms with Gasteiger partial charge in [0.2, 0.25) is 0 Å². The molecule has 1 aliphatic heterocycles. The summed E-state index contributed by atoms with van der Waals surface area (Å²) >= 11 is 0. The molecule has 1 aromatic heterocycles. The van der Waals surface area contributed by atoms with Gasteiger partial charge < -0.3 is 10.6 Å². The number of fused-ring (bicyclic) bond motifs is 3. The van der Waals surface area contributed by atoms with Crippen LogP contribution < -0.4 is 5.73 Å². The van der Waals surface area contributed by atoms with E-state index in [0.717, 1.165) is 23.9 Å². The summed E-state index contributed by atoms with van der Waals surface area (Å²) in [6.45, 7) is 1.12. The highest BCUT2D eigenvalue weighted by Crippen LogP contribution is 2.44. The lowest BCUT2D eigenvalue weighted by Gasteiger charge is -2.29. The third-order valence-electron chi connectivity index (χ3n) is 4.94. The highest BCUT2D eigenvalue weighted by molar-refractivity contribution is 6.04. The molecule has 4 rings (SSSR count). The first-order chi connectivity index (χ1) is 9.65. The van der Waals surface area contributed by atoms with Crippen molar-refractivity contribution in [3.8, 4) is 0 Å². The van der Waals surface area contributed by atoms with Crippen molar-refractivity contribution in [2.75, 3.05) is 13.6 Å². The summed E-state index contributed by atoms with van der Waals surface area (Å²) in [6, 6.07) is 8.93. The van der Waals surface area contributed by atoms with Gasteiger partial charge in [-0.25, -0.2) is 0 Å². The van der Waals surface area contributed by atoms with Crippen LogP contribution in [0.3, 0.4) is 0 Å². The van der Waals surface area contributed by atoms with Crippen molar-refractivity contribution in [1.82, 2.24) is 14.7 Å². The van der Waals surface area contributed by atoms with Crippen LogP contribution in [-0.2, 0) is 0 Å². The van der Waals surface area contributed by atoms with Crippen molar-refractivity contribution in [3.63, 3.8) is 0 Å². The predicted octanol–water partition coefficient (Wildman–Crippen LogP) is 1.40. The topological polar surface area (TPSA) is 64.2 Å². The van der Waals surface area contributed by atoms with E-state index >= 15 is 0 Å². The first-order valence-electron chi connectivity index (χ1n) is 7.12. The number of nitrogens with zero attached hydrogens (tertiary/aromatic N) is 3. The molecule has 2 aromatic rings. The van der Waals surface area contributed by atoms with Crippen molar-refractivity contribution in [2.24, 2.45) is 11.7 Å². The average molecular weight is 270 g/mol. The van der Waals surface area contributed by atoms with E-state index in [1.165, 1.54) is 6.42 Å². The van der Waals surface area contributed by atoms with Crippen LogP contribution in [0.15, 0.2) is 24.3 Å². The van der Waals surface area contributed by atoms with Gasteiger partial charge in [0.15, 0.2) is 5.69 Å². The number of hydrogen-bond acceptors (Lipinski definition) is 3. The minimum atomic E-state index is -0.444. The number of nitrogens with two attached hydrogens (primary N) is 1. The molecule has 1 amide bonds. The number of rotatable bonds is 2. The van der Waals surface area contributed by atoms with Crippen LogP contribution in [0.25, 0.3) is 10.9 Å². The number of benzene rings is 1. The Morgan fingerprint density at radius 3 is 2.80 bits per heavy atom. The van der Waals surface area contributed by atoms with Crippen molar-refractivity contribution < 1.29 is 4.79 Å². The van der Waals surface area contributed by atoms with Gasteiger partial charge in [-0.2, -0.15) is 5.10 Å². The number of piperidine rings is 1. The third kappa shape index (κ3) is 1.53. The number of hydrogen-bond donors (Lipinski definition) is 1. The van der Waals surface area contributed by atoms with Crippen molar-refractivity contribution >= 4 is 16.8 Å². The van der Waals surface area contributed by atoms with Gasteiger partial charge in [0.25, 0.3) is 5.91 Å². The molecule has 1 aliphatic carbocycles. The molecule has 5 heteroatoms. The molecule has 1 saturated heterocycles. The first kappa shape index (κ1) is 11.9. The van der Waals surface area contributed by atoms with Crippen molar-refractivity contribution in [3.05, 3.63) is 30.0 Å². The van der Waals surface area contributed by atoms with Crippen molar-refractivity contribution in [1.29, 1.82) is 0 Å². The maximum Gasteiger partial charge on any atom is 0.269 e. The van der Waals surface area contributed by atoms with Gasteiger partial charge in [-0.1, -0.05) is 18.2 Å². The fourth-order valence-corrected chi connectivity index (χ4v) is 3.97. The fraction of sp³-hybridized carbons (Fsp3) is 0.467. The predicted molar refractivity (Wildman–Crippen MR) is 76.4 cm³/mol. The Hall–Kier alpha value is -1.88. The number of carbonyl (C=O) groups excluding carboxylic acids is 1. The minimum Gasteiger partial charge on any atom is -0.364 e. The van der Waals surface area contributed by atoms with Crippen LogP contribution in [0.2, 0.25) is 0 Å². The summed E-state index contributed by atoms with van der Waals surface area (Å²) in [4.78, 5) is 14.0. The highest BCUT2D eigenvalue weighted by Gasteiger charge is 2.44. The van der Waals surface area contributed by atoms with Crippen LogP contribution in [0.4, 0.5) is 0 Å². The molecule has 20 heavy (non-hydrogen) atoms. The van der Waals surface area contributed by atoms with Gasteiger partial charge in [-0.3, -0.25) is 9.48 Å². The molecule has 3 atom stereocenters. The summed E-state index contributed by atoms with van der Waals surface area (Å²) < 4.78 is 2.05. The van der Waals surface area contributed by atoms with E-state index < -0.39 is 5.91 Å². The minimum absolute atomic E-state index is 0.397. The number of aromatic nitrogens is 2. The lowest BCUT2D eigenvalue weighted by molar-refractivity contribution is 0.0995. The van der Waals surface area contributed by atoms with Gasteiger partial charge >= 0.3 is 0 Å². The Balaban J connectivity index is 1.83. The van der Waals surface area contributed by atoms with Crippen molar-refractivity contribution in [2.45, 2.75) is 24.9 Å². The molecule has 104 valence electrons. The zero-order valence-corrected chi connectivity index (χ0v) is 11.5. The molecule has 1 aromatic carbocycles. The van der Waals surface area contributed by atoms with E-state index in [4.69, 9.17) is 5.73 Å². The zero-order valence-electron chi connectivity index (χ0n) is 11.5. The smallest absolute Gasteiger partial charge is 0.269 e. The number of amides is 1. The van der Waals surface area contributed by atoms with E-state index in [2.05, 4.69) is 17.0 Å². The maximum absolute atomic E-state index is 11.6. The Kier molecular flexibility index (Phi) is 2.41. The highest BCUT2D eigenvalue weighted by atomic mass is 16.1. The molecule has 0 spiro atoms. The summed E-state index contributed by atoms with van der Waals surface area (Å²) in [7, 11) is 2.19. The van der Waals surface area contributed by atoms with E-state index in [1.807, 2.05) is 28.9 Å². The van der Waals surface area contributed by atoms with Gasteiger partial charge in [0, 0.05) is 18.0 Å². The number of likely N-dealkylation sites (tertiary alicyclic amines) is 1. The Morgan fingerprint density at radius 1 is 1.35 bits per heavy atom. The molecular weight excluding hydrogens is 252 g/mol. The lowest BCUT2D eigenvalue weighted by atomic mass is 10.0. The Bertz CT molecular complexity index is 690. The Labute approximate surface area is 117 Å². The summed E-state index contributed by atoms with van der Waals surface area (Å²) in [5.74, 6) is 0.189. The van der Waals surface area contributed by atoms with E-state index in [1.54, 1.807) is 0 Å². The summed E-state index contributed by atoms with van der Waals surface area (Å²) in [5, 5.41) is 5.41. The molecule has 5 nitrogen and oxygen atoms in total. The number of para-hydroxylation sites is 1. The molecule has 2 aliphatic rings. The maximum atomic E-state index is 11.6. The monoisotopic (exact) mass is 270 g/mol. The molecular formula is C15H18N4O. The molecule has 0 radical (unpaired) electrons. The third-order valence-corrected chi connectivity index (χ3v) is 4.94. The SMILES string of the molecule is CN1CC2C[C@@H]1CC2n1nc(C(N)=O)c2ccccc21. The fourth-order valence-electron chi connectivity index (χ4n) is 3.97. The second-order valence-electron chi connectivity index (χ2n) is 6.07. The molecule has 2 bridgehead atoms. The largest absolute Gasteiger partial charge is 0.364 e. The van der Waals surface area contributed by atoms with Crippen LogP contribution in [-0.4, -0.2) is 40.2 Å². The van der Waals surface area contributed by atoms with Crippen LogP contribution in [0.5, 0.6) is 0 Å². The van der Waals surface area contributed by atoms with Crippen LogP contribution in [0, 0.1) is 5.92 Å².